The zero-order valence-corrected chi connectivity index (χ0v) is 21.2. The number of Topliss-reactive ketones (excluding diaryl/α,β-unsaturated/α-hetero) is 1. The third-order valence-corrected chi connectivity index (χ3v) is 6.78. The number of aliphatic hydroxyl groups excluding tert-OH is 1. The maximum atomic E-state index is 13.5. The maximum Gasteiger partial charge on any atom is 0.300 e. The normalized spacial score (nSPS) is 18.4. The molecule has 0 radical (unpaired) electrons. The van der Waals surface area contributed by atoms with E-state index in [-0.39, 0.29) is 11.3 Å². The Labute approximate surface area is 216 Å². The van der Waals surface area contributed by atoms with Crippen LogP contribution in [0, 0.1) is 0 Å². The Morgan fingerprint density at radius 2 is 1.78 bits per heavy atom. The predicted molar refractivity (Wildman–Crippen MR) is 143 cm³/mol. The van der Waals surface area contributed by atoms with Gasteiger partial charge in [0.2, 0.25) is 0 Å². The Morgan fingerprint density at radius 1 is 1.05 bits per heavy atom. The van der Waals surface area contributed by atoms with Crippen LogP contribution in [0.4, 0.5) is 11.4 Å². The Kier molecular flexibility index (Phi) is 6.61. The van der Waals surface area contributed by atoms with E-state index in [1.165, 1.54) is 4.90 Å². The van der Waals surface area contributed by atoms with Gasteiger partial charge in [-0.15, -0.1) is 0 Å². The summed E-state index contributed by atoms with van der Waals surface area (Å²) in [4.78, 5) is 30.3. The molecule has 1 atom stereocenters. The first kappa shape index (κ1) is 24.4. The average molecular weight is 499 g/mol. The van der Waals surface area contributed by atoms with Crippen LogP contribution in [0.25, 0.3) is 5.76 Å². The monoisotopic (exact) mass is 498 g/mol. The fourth-order valence-corrected chi connectivity index (χ4v) is 4.90. The molecular weight excluding hydrogens is 468 g/mol. The summed E-state index contributed by atoms with van der Waals surface area (Å²) in [6.07, 6.45) is 1.71. The number of aryl methyl sites for hydroxylation is 1. The zero-order chi connectivity index (χ0) is 26.1. The SMILES string of the molecule is CCOc1ccc(N2C(=O)C(=O)/C(=C(\O)c3ccc4c(c3)CCCO4)C2c2ccc(N(C)C)cc2)cc1. The molecule has 0 aliphatic carbocycles. The molecule has 0 spiro atoms. The van der Waals surface area contributed by atoms with E-state index in [4.69, 9.17) is 9.47 Å². The first-order valence-corrected chi connectivity index (χ1v) is 12.5. The van der Waals surface area contributed by atoms with Crippen LogP contribution >= 0.6 is 0 Å². The quantitative estimate of drug-likeness (QED) is 0.289. The van der Waals surface area contributed by atoms with Crippen LogP contribution < -0.4 is 19.3 Å². The van der Waals surface area contributed by atoms with Crippen molar-refractivity contribution in [2.45, 2.75) is 25.8 Å². The van der Waals surface area contributed by atoms with E-state index in [1.807, 2.05) is 62.3 Å². The topological polar surface area (TPSA) is 79.3 Å². The van der Waals surface area contributed by atoms with Gasteiger partial charge in [-0.1, -0.05) is 12.1 Å². The van der Waals surface area contributed by atoms with Crippen molar-refractivity contribution in [3.8, 4) is 11.5 Å². The highest BCUT2D eigenvalue weighted by Crippen LogP contribution is 2.43. The highest BCUT2D eigenvalue weighted by atomic mass is 16.5. The molecule has 1 saturated heterocycles. The van der Waals surface area contributed by atoms with Gasteiger partial charge in [0.1, 0.15) is 17.3 Å². The Hall–Kier alpha value is -4.26. The third-order valence-electron chi connectivity index (χ3n) is 6.78. The molecule has 1 N–H and O–H groups in total. The Bertz CT molecular complexity index is 1360. The van der Waals surface area contributed by atoms with Crippen molar-refractivity contribution in [1.82, 2.24) is 0 Å². The van der Waals surface area contributed by atoms with Crippen LogP contribution in [-0.4, -0.2) is 44.1 Å². The molecule has 2 heterocycles. The van der Waals surface area contributed by atoms with E-state index in [0.717, 1.165) is 35.4 Å². The number of anilines is 2. The number of nitrogens with zero attached hydrogens (tertiary/aromatic N) is 2. The van der Waals surface area contributed by atoms with Gasteiger partial charge in [0.05, 0.1) is 24.8 Å². The van der Waals surface area contributed by atoms with Crippen LogP contribution in [-0.2, 0) is 16.0 Å². The van der Waals surface area contributed by atoms with Crippen molar-refractivity contribution in [3.63, 3.8) is 0 Å². The minimum absolute atomic E-state index is 0.0631. The minimum atomic E-state index is -0.790. The molecular formula is C30H30N2O5. The summed E-state index contributed by atoms with van der Waals surface area (Å²) >= 11 is 0. The molecule has 0 bridgehead atoms. The summed E-state index contributed by atoms with van der Waals surface area (Å²) in [5.74, 6) is -0.142. The number of carbonyl (C=O) groups excluding carboxylic acids is 2. The van der Waals surface area contributed by atoms with E-state index < -0.39 is 17.7 Å². The molecule has 0 aromatic heterocycles. The molecule has 37 heavy (non-hydrogen) atoms. The maximum absolute atomic E-state index is 13.5. The van der Waals surface area contributed by atoms with Crippen molar-refractivity contribution >= 4 is 28.8 Å². The van der Waals surface area contributed by atoms with Crippen LogP contribution in [0.3, 0.4) is 0 Å². The van der Waals surface area contributed by atoms with Crippen LogP contribution in [0.15, 0.2) is 72.3 Å². The lowest BCUT2D eigenvalue weighted by molar-refractivity contribution is -0.132. The Morgan fingerprint density at radius 3 is 2.46 bits per heavy atom. The van der Waals surface area contributed by atoms with Gasteiger partial charge in [0.15, 0.2) is 0 Å². The summed E-state index contributed by atoms with van der Waals surface area (Å²) in [6.45, 7) is 3.08. The van der Waals surface area contributed by atoms with Gasteiger partial charge in [-0.3, -0.25) is 14.5 Å². The lowest BCUT2D eigenvalue weighted by Gasteiger charge is -2.26. The van der Waals surface area contributed by atoms with Crippen molar-refractivity contribution in [3.05, 3.63) is 89.0 Å². The second-order valence-electron chi connectivity index (χ2n) is 9.36. The predicted octanol–water partition coefficient (Wildman–Crippen LogP) is 5.10. The fraction of sp³-hybridized carbons (Fsp3) is 0.267. The van der Waals surface area contributed by atoms with Gasteiger partial charge in [0.25, 0.3) is 11.7 Å². The number of amides is 1. The second-order valence-corrected chi connectivity index (χ2v) is 9.36. The largest absolute Gasteiger partial charge is 0.507 e. The molecule has 1 fully saturated rings. The van der Waals surface area contributed by atoms with Crippen LogP contribution in [0.2, 0.25) is 0 Å². The van der Waals surface area contributed by atoms with Gasteiger partial charge in [-0.2, -0.15) is 0 Å². The van der Waals surface area contributed by atoms with Crippen LogP contribution in [0.5, 0.6) is 11.5 Å². The number of fused-ring (bicyclic) bond motifs is 1. The molecule has 2 aliphatic heterocycles. The lowest BCUT2D eigenvalue weighted by atomic mass is 9.93. The molecule has 3 aromatic rings. The number of aliphatic hydroxyl groups is 1. The van der Waals surface area contributed by atoms with E-state index in [9.17, 15) is 14.7 Å². The number of rotatable bonds is 6. The average Bonchev–Trinajstić information content (AvgIpc) is 3.18. The standard InChI is InChI=1S/C30H30N2O5/c1-4-36-24-14-12-23(13-15-24)32-27(19-7-10-22(11-8-19)31(2)3)26(29(34)30(32)35)28(33)21-9-16-25-20(18-21)6-5-17-37-25/h7-16,18,27,33H,4-6,17H2,1-3H3/b28-26-. The molecule has 3 aromatic carbocycles. The highest BCUT2D eigenvalue weighted by Gasteiger charge is 2.47. The van der Waals surface area contributed by atoms with E-state index >= 15 is 0 Å². The number of hydrogen-bond donors (Lipinski definition) is 1. The molecule has 2 aliphatic rings. The van der Waals surface area contributed by atoms with Gasteiger partial charge in [-0.25, -0.2) is 0 Å². The first-order valence-electron chi connectivity index (χ1n) is 12.5. The molecule has 7 nitrogen and oxygen atoms in total. The summed E-state index contributed by atoms with van der Waals surface area (Å²) in [5, 5.41) is 11.5. The number of hydrogen-bond acceptors (Lipinski definition) is 6. The smallest absolute Gasteiger partial charge is 0.300 e. The summed E-state index contributed by atoms with van der Waals surface area (Å²) in [7, 11) is 3.89. The molecule has 190 valence electrons. The number of ether oxygens (including phenoxy) is 2. The number of ketones is 1. The second kappa shape index (κ2) is 10.0. The molecule has 0 saturated carbocycles. The van der Waals surface area contributed by atoms with E-state index in [0.29, 0.717) is 30.2 Å². The molecule has 1 amide bonds. The van der Waals surface area contributed by atoms with Crippen molar-refractivity contribution in [2.75, 3.05) is 37.1 Å². The van der Waals surface area contributed by atoms with Crippen molar-refractivity contribution in [2.24, 2.45) is 0 Å². The lowest BCUT2D eigenvalue weighted by Crippen LogP contribution is -2.29. The molecule has 7 heteroatoms. The van der Waals surface area contributed by atoms with Crippen molar-refractivity contribution < 1.29 is 24.2 Å². The van der Waals surface area contributed by atoms with Gasteiger partial charge in [0, 0.05) is 31.0 Å². The summed E-state index contributed by atoms with van der Waals surface area (Å²) in [5.41, 5.74) is 3.78. The minimum Gasteiger partial charge on any atom is -0.507 e. The van der Waals surface area contributed by atoms with Gasteiger partial charge in [-0.05, 0) is 85.5 Å². The van der Waals surface area contributed by atoms with Gasteiger partial charge < -0.3 is 19.5 Å². The zero-order valence-electron chi connectivity index (χ0n) is 21.2. The third kappa shape index (κ3) is 4.53. The highest BCUT2D eigenvalue weighted by molar-refractivity contribution is 6.51. The first-order chi connectivity index (χ1) is 17.9. The van der Waals surface area contributed by atoms with Gasteiger partial charge >= 0.3 is 0 Å². The number of carbonyl (C=O) groups is 2. The molecule has 5 rings (SSSR count). The van der Waals surface area contributed by atoms with E-state index in [1.54, 1.807) is 30.3 Å². The Balaban J connectivity index is 1.64. The molecule has 1 unspecified atom stereocenters. The van der Waals surface area contributed by atoms with Crippen molar-refractivity contribution in [1.29, 1.82) is 0 Å². The summed E-state index contributed by atoms with van der Waals surface area (Å²) < 4.78 is 11.2. The van der Waals surface area contributed by atoms with Crippen LogP contribution in [0.1, 0.15) is 36.1 Å². The summed E-state index contributed by atoms with van der Waals surface area (Å²) in [6, 6.07) is 19.3. The van der Waals surface area contributed by atoms with E-state index in [2.05, 4.69) is 0 Å². The fourth-order valence-electron chi connectivity index (χ4n) is 4.90. The number of benzene rings is 3.